The summed E-state index contributed by atoms with van der Waals surface area (Å²) in [5, 5.41) is 2.74. The minimum atomic E-state index is -0.657. The molecule has 0 bridgehead atoms. The van der Waals surface area contributed by atoms with E-state index in [-0.39, 0.29) is 21.9 Å². The first-order valence-electron chi connectivity index (χ1n) is 6.34. The van der Waals surface area contributed by atoms with Gasteiger partial charge in [0, 0.05) is 0 Å². The van der Waals surface area contributed by atoms with Gasteiger partial charge in [-0.1, -0.05) is 53.5 Å². The summed E-state index contributed by atoms with van der Waals surface area (Å²) in [6.45, 7) is 0. The fourth-order valence-corrected chi connectivity index (χ4v) is 2.02. The maximum Gasteiger partial charge on any atom is 0.242 e. The van der Waals surface area contributed by atoms with Crippen molar-refractivity contribution in [1.82, 2.24) is 9.97 Å². The van der Waals surface area contributed by atoms with Gasteiger partial charge in [0.1, 0.15) is 11.3 Å². The first-order valence-corrected chi connectivity index (χ1v) is 7.10. The molecule has 0 saturated carbocycles. The number of anilines is 1. The Balaban J connectivity index is 1.92. The van der Waals surface area contributed by atoms with Crippen LogP contribution in [0.2, 0.25) is 10.2 Å². The molecule has 1 aromatic carbocycles. The zero-order chi connectivity index (χ0) is 15.2. The van der Waals surface area contributed by atoms with E-state index in [0.29, 0.717) is 12.8 Å². The molecule has 0 aliphatic carbocycles. The summed E-state index contributed by atoms with van der Waals surface area (Å²) < 4.78 is 0. The third kappa shape index (κ3) is 4.39. The molecule has 1 aromatic heterocycles. The summed E-state index contributed by atoms with van der Waals surface area (Å²) in [4.78, 5) is 19.6. The van der Waals surface area contributed by atoms with Gasteiger partial charge in [0.25, 0.3) is 0 Å². The predicted octanol–water partition coefficient (Wildman–Crippen LogP) is 2.68. The van der Waals surface area contributed by atoms with Crippen LogP contribution in [0.1, 0.15) is 12.0 Å². The van der Waals surface area contributed by atoms with Crippen LogP contribution in [0.4, 0.5) is 5.82 Å². The van der Waals surface area contributed by atoms with E-state index in [1.807, 2.05) is 30.3 Å². The topological polar surface area (TPSA) is 80.9 Å². The molecule has 5 nitrogen and oxygen atoms in total. The third-order valence-electron chi connectivity index (χ3n) is 2.91. The number of nitrogens with one attached hydrogen (secondary N) is 1. The molecule has 0 radical (unpaired) electrons. The second kappa shape index (κ2) is 7.36. The van der Waals surface area contributed by atoms with Crippen molar-refractivity contribution in [3.8, 4) is 0 Å². The maximum atomic E-state index is 12.0. The lowest BCUT2D eigenvalue weighted by Crippen LogP contribution is -2.36. The van der Waals surface area contributed by atoms with Gasteiger partial charge in [0.15, 0.2) is 11.0 Å². The highest BCUT2D eigenvalue weighted by atomic mass is 35.5. The molecular weight excluding hydrogens is 311 g/mol. The number of aromatic nitrogens is 2. The average molecular weight is 325 g/mol. The Labute approximate surface area is 132 Å². The monoisotopic (exact) mass is 324 g/mol. The van der Waals surface area contributed by atoms with Crippen LogP contribution in [0, 0.1) is 0 Å². The number of benzene rings is 1. The lowest BCUT2D eigenvalue weighted by atomic mass is 10.1. The largest absolute Gasteiger partial charge is 0.320 e. The Hall–Kier alpha value is -1.69. The zero-order valence-electron chi connectivity index (χ0n) is 11.1. The molecule has 0 aliphatic rings. The van der Waals surface area contributed by atoms with Crippen molar-refractivity contribution in [3.05, 3.63) is 52.4 Å². The third-order valence-corrected chi connectivity index (χ3v) is 3.65. The molecule has 0 spiro atoms. The first kappa shape index (κ1) is 15.7. The summed E-state index contributed by atoms with van der Waals surface area (Å²) in [5.74, 6) is -0.195. The second-order valence-electron chi connectivity index (χ2n) is 4.45. The molecule has 1 heterocycles. The van der Waals surface area contributed by atoms with Crippen molar-refractivity contribution in [2.75, 3.05) is 5.32 Å². The average Bonchev–Trinajstić information content (AvgIpc) is 2.50. The van der Waals surface area contributed by atoms with Gasteiger partial charge in [-0.25, -0.2) is 9.97 Å². The van der Waals surface area contributed by atoms with Crippen molar-refractivity contribution < 1.29 is 4.79 Å². The summed E-state index contributed by atoms with van der Waals surface area (Å²) in [5.41, 5.74) is 7.00. The van der Waals surface area contributed by atoms with Crippen molar-refractivity contribution in [2.24, 2.45) is 5.73 Å². The molecule has 2 rings (SSSR count). The number of hydrogen-bond donors (Lipinski definition) is 2. The second-order valence-corrected chi connectivity index (χ2v) is 5.18. The molecule has 21 heavy (non-hydrogen) atoms. The normalized spacial score (nSPS) is 12.0. The Morgan fingerprint density at radius 3 is 2.67 bits per heavy atom. The Bertz CT molecular complexity index is 622. The highest BCUT2D eigenvalue weighted by Gasteiger charge is 2.16. The van der Waals surface area contributed by atoms with Gasteiger partial charge in [-0.15, -0.1) is 0 Å². The minimum absolute atomic E-state index is 0.0832. The van der Waals surface area contributed by atoms with Crippen LogP contribution in [0.3, 0.4) is 0 Å². The van der Waals surface area contributed by atoms with Crippen molar-refractivity contribution >= 4 is 34.9 Å². The van der Waals surface area contributed by atoms with Gasteiger partial charge in [-0.2, -0.15) is 0 Å². The number of nitrogens with zero attached hydrogens (tertiary/aromatic N) is 2. The molecule has 0 saturated heterocycles. The molecule has 0 unspecified atom stereocenters. The number of halogens is 2. The van der Waals surface area contributed by atoms with E-state index in [9.17, 15) is 4.79 Å². The molecule has 7 heteroatoms. The molecule has 3 N–H and O–H groups in total. The fraction of sp³-hybridized carbons (Fsp3) is 0.214. The maximum absolute atomic E-state index is 12.0. The van der Waals surface area contributed by atoms with Crippen LogP contribution >= 0.6 is 23.2 Å². The first-order chi connectivity index (χ1) is 10.1. The number of carbonyl (C=O) groups is 1. The van der Waals surface area contributed by atoms with Gasteiger partial charge in [-0.05, 0) is 18.4 Å². The number of nitrogens with two attached hydrogens (primary N) is 1. The van der Waals surface area contributed by atoms with Crippen LogP contribution in [0.5, 0.6) is 0 Å². The quantitative estimate of drug-likeness (QED) is 0.828. The highest BCUT2D eigenvalue weighted by Crippen LogP contribution is 2.25. The standard InChI is InChI=1S/C14H14Cl2N4O/c15-11-12(16)18-8-19-13(11)20-14(21)10(17)7-6-9-4-2-1-3-5-9/h1-5,8,10H,6-7,17H2,(H,18,19,20,21)/t10-/m0/s1. The van der Waals surface area contributed by atoms with Gasteiger partial charge in [0.2, 0.25) is 5.91 Å². The van der Waals surface area contributed by atoms with Gasteiger partial charge >= 0.3 is 0 Å². The van der Waals surface area contributed by atoms with E-state index in [4.69, 9.17) is 28.9 Å². The molecule has 1 atom stereocenters. The summed E-state index contributed by atoms with van der Waals surface area (Å²) >= 11 is 11.7. The molecule has 0 aliphatic heterocycles. The van der Waals surface area contributed by atoms with Gasteiger partial charge < -0.3 is 11.1 Å². The van der Waals surface area contributed by atoms with Crippen LogP contribution < -0.4 is 11.1 Å². The van der Waals surface area contributed by atoms with Crippen LogP contribution in [-0.4, -0.2) is 21.9 Å². The fourth-order valence-electron chi connectivity index (χ4n) is 1.74. The van der Waals surface area contributed by atoms with E-state index >= 15 is 0 Å². The molecule has 1 amide bonds. The van der Waals surface area contributed by atoms with Crippen LogP contribution in [-0.2, 0) is 11.2 Å². The number of aryl methyl sites for hydroxylation is 1. The lowest BCUT2D eigenvalue weighted by Gasteiger charge is -2.12. The Morgan fingerprint density at radius 1 is 1.24 bits per heavy atom. The van der Waals surface area contributed by atoms with E-state index in [0.717, 1.165) is 5.56 Å². The lowest BCUT2D eigenvalue weighted by molar-refractivity contribution is -0.117. The summed E-state index contributed by atoms with van der Waals surface area (Å²) in [6.07, 6.45) is 2.46. The van der Waals surface area contributed by atoms with Crippen molar-refractivity contribution in [2.45, 2.75) is 18.9 Å². The highest BCUT2D eigenvalue weighted by molar-refractivity contribution is 6.42. The van der Waals surface area contributed by atoms with E-state index in [1.165, 1.54) is 6.33 Å². The Kier molecular flexibility index (Phi) is 5.50. The van der Waals surface area contributed by atoms with Crippen LogP contribution in [0.25, 0.3) is 0 Å². The predicted molar refractivity (Wildman–Crippen MR) is 83.4 cm³/mol. The summed E-state index contributed by atoms with van der Waals surface area (Å²) in [6, 6.07) is 9.16. The zero-order valence-corrected chi connectivity index (χ0v) is 12.6. The van der Waals surface area contributed by atoms with E-state index < -0.39 is 6.04 Å². The van der Waals surface area contributed by atoms with E-state index in [1.54, 1.807) is 0 Å². The number of hydrogen-bond acceptors (Lipinski definition) is 4. The van der Waals surface area contributed by atoms with Gasteiger partial charge in [0.05, 0.1) is 6.04 Å². The smallest absolute Gasteiger partial charge is 0.242 e. The Morgan fingerprint density at radius 2 is 1.95 bits per heavy atom. The number of rotatable bonds is 5. The molecule has 2 aromatic rings. The van der Waals surface area contributed by atoms with Crippen LogP contribution in [0.15, 0.2) is 36.7 Å². The number of amides is 1. The molecule has 110 valence electrons. The van der Waals surface area contributed by atoms with E-state index in [2.05, 4.69) is 15.3 Å². The minimum Gasteiger partial charge on any atom is -0.320 e. The van der Waals surface area contributed by atoms with Crippen molar-refractivity contribution in [1.29, 1.82) is 0 Å². The van der Waals surface area contributed by atoms with Crippen molar-refractivity contribution in [3.63, 3.8) is 0 Å². The number of carbonyl (C=O) groups excluding carboxylic acids is 1. The van der Waals surface area contributed by atoms with Gasteiger partial charge in [-0.3, -0.25) is 4.79 Å². The summed E-state index contributed by atoms with van der Waals surface area (Å²) in [7, 11) is 0. The SMILES string of the molecule is N[C@@H](CCc1ccccc1)C(=O)Nc1ncnc(Cl)c1Cl. The molecular formula is C14H14Cl2N4O. The molecule has 0 fully saturated rings.